The minimum Gasteiger partial charge on any atom is -0.354 e. The summed E-state index contributed by atoms with van der Waals surface area (Å²) in [4.78, 5) is 15.3. The van der Waals surface area contributed by atoms with E-state index in [4.69, 9.17) is 11.6 Å². The lowest BCUT2D eigenvalue weighted by Gasteiger charge is -2.18. The van der Waals surface area contributed by atoms with E-state index in [1.54, 1.807) is 17.4 Å². The van der Waals surface area contributed by atoms with E-state index in [2.05, 4.69) is 34.2 Å². The number of hydrogen-bond donors (Lipinski definition) is 0. The van der Waals surface area contributed by atoms with E-state index < -0.39 is 0 Å². The molecule has 0 aromatic carbocycles. The third-order valence-corrected chi connectivity index (χ3v) is 3.69. The van der Waals surface area contributed by atoms with Crippen molar-refractivity contribution in [2.45, 2.75) is 33.2 Å². The van der Waals surface area contributed by atoms with Crippen molar-refractivity contribution in [2.75, 3.05) is 11.9 Å². The third-order valence-electron chi connectivity index (χ3n) is 2.67. The van der Waals surface area contributed by atoms with Crippen LogP contribution in [0.5, 0.6) is 0 Å². The van der Waals surface area contributed by atoms with Crippen molar-refractivity contribution in [3.8, 4) is 0 Å². The lowest BCUT2D eigenvalue weighted by Crippen LogP contribution is -2.19. The summed E-state index contributed by atoms with van der Waals surface area (Å²) in [5.74, 6) is 1.85. The molecule has 0 radical (unpaired) electrons. The maximum Gasteiger partial charge on any atom is 0.135 e. The number of anilines is 1. The Kier molecular flexibility index (Phi) is 4.37. The number of aromatic nitrogens is 3. The predicted octanol–water partition coefficient (Wildman–Crippen LogP) is 3.65. The maximum absolute atomic E-state index is 6.05. The summed E-state index contributed by atoms with van der Waals surface area (Å²) in [5.41, 5.74) is 1.05. The van der Waals surface area contributed by atoms with Gasteiger partial charge in [0, 0.05) is 24.4 Å². The normalized spacial score (nSPS) is 11.1. The van der Waals surface area contributed by atoms with Crippen molar-refractivity contribution < 1.29 is 0 Å². The minimum atomic E-state index is 0.257. The molecule has 0 atom stereocenters. The molecule has 19 heavy (non-hydrogen) atoms. The van der Waals surface area contributed by atoms with Crippen LogP contribution >= 0.6 is 22.9 Å². The van der Waals surface area contributed by atoms with E-state index in [0.717, 1.165) is 28.9 Å². The zero-order valence-electron chi connectivity index (χ0n) is 11.5. The number of aryl methyl sites for hydroxylation is 1. The van der Waals surface area contributed by atoms with Crippen molar-refractivity contribution in [3.63, 3.8) is 0 Å². The molecule has 0 saturated carbocycles. The van der Waals surface area contributed by atoms with Crippen LogP contribution in [0.4, 0.5) is 5.82 Å². The van der Waals surface area contributed by atoms with Crippen LogP contribution in [-0.2, 0) is 6.54 Å². The fourth-order valence-electron chi connectivity index (χ4n) is 1.68. The van der Waals surface area contributed by atoms with Gasteiger partial charge in [-0.15, -0.1) is 11.3 Å². The molecular weight excluding hydrogens is 280 g/mol. The molecule has 0 spiro atoms. The molecule has 2 rings (SSSR count). The largest absolute Gasteiger partial charge is 0.354 e. The highest BCUT2D eigenvalue weighted by Crippen LogP contribution is 2.21. The standard InChI is InChI=1S/C13H17ClN4S/c1-8(2)13-16-11(14)5-12(17-13)18(4)6-10-7-19-9(3)15-10/h5,7-8H,6H2,1-4H3. The second-order valence-electron chi connectivity index (χ2n) is 4.78. The van der Waals surface area contributed by atoms with Gasteiger partial charge in [-0.05, 0) is 6.92 Å². The first kappa shape index (κ1) is 14.2. The maximum atomic E-state index is 6.05. The summed E-state index contributed by atoms with van der Waals surface area (Å²) < 4.78 is 0. The van der Waals surface area contributed by atoms with E-state index in [9.17, 15) is 0 Å². The molecule has 6 heteroatoms. The Balaban J connectivity index is 2.20. The molecule has 2 heterocycles. The lowest BCUT2D eigenvalue weighted by molar-refractivity contribution is 0.760. The van der Waals surface area contributed by atoms with Crippen LogP contribution in [0.3, 0.4) is 0 Å². The Labute approximate surface area is 122 Å². The van der Waals surface area contributed by atoms with Crippen LogP contribution < -0.4 is 4.90 Å². The quantitative estimate of drug-likeness (QED) is 0.808. The second kappa shape index (κ2) is 5.84. The number of rotatable bonds is 4. The Morgan fingerprint density at radius 1 is 1.32 bits per heavy atom. The Morgan fingerprint density at radius 3 is 2.63 bits per heavy atom. The molecule has 0 aliphatic rings. The van der Waals surface area contributed by atoms with Gasteiger partial charge in [-0.3, -0.25) is 0 Å². The molecule has 2 aromatic rings. The van der Waals surface area contributed by atoms with Gasteiger partial charge < -0.3 is 4.90 Å². The molecule has 4 nitrogen and oxygen atoms in total. The number of halogens is 1. The van der Waals surface area contributed by atoms with Gasteiger partial charge in [0.15, 0.2) is 0 Å². The van der Waals surface area contributed by atoms with Crippen molar-refractivity contribution in [3.05, 3.63) is 33.1 Å². The molecule has 0 fully saturated rings. The molecule has 0 aliphatic carbocycles. The van der Waals surface area contributed by atoms with E-state index in [1.165, 1.54) is 0 Å². The van der Waals surface area contributed by atoms with Crippen molar-refractivity contribution in [1.29, 1.82) is 0 Å². The molecule has 102 valence electrons. The summed E-state index contributed by atoms with van der Waals surface area (Å²) >= 11 is 7.71. The van der Waals surface area contributed by atoms with E-state index in [-0.39, 0.29) is 5.92 Å². The lowest BCUT2D eigenvalue weighted by atomic mass is 10.2. The monoisotopic (exact) mass is 296 g/mol. The van der Waals surface area contributed by atoms with Crippen LogP contribution in [-0.4, -0.2) is 22.0 Å². The Bertz CT molecular complexity index is 568. The van der Waals surface area contributed by atoms with Gasteiger partial charge in [-0.1, -0.05) is 25.4 Å². The van der Waals surface area contributed by atoms with Gasteiger partial charge >= 0.3 is 0 Å². The molecule has 2 aromatic heterocycles. The first-order valence-electron chi connectivity index (χ1n) is 6.12. The summed E-state index contributed by atoms with van der Waals surface area (Å²) in [6.07, 6.45) is 0. The average Bonchev–Trinajstić information content (AvgIpc) is 2.73. The van der Waals surface area contributed by atoms with Gasteiger partial charge in [0.2, 0.25) is 0 Å². The number of nitrogens with zero attached hydrogens (tertiary/aromatic N) is 4. The van der Waals surface area contributed by atoms with Gasteiger partial charge in [0.05, 0.1) is 17.2 Å². The van der Waals surface area contributed by atoms with Crippen molar-refractivity contribution in [2.24, 2.45) is 0 Å². The Morgan fingerprint density at radius 2 is 2.05 bits per heavy atom. The molecule has 0 N–H and O–H groups in total. The van der Waals surface area contributed by atoms with Crippen molar-refractivity contribution >= 4 is 28.8 Å². The van der Waals surface area contributed by atoms with Crippen molar-refractivity contribution in [1.82, 2.24) is 15.0 Å². The van der Waals surface area contributed by atoms with Crippen LogP contribution in [0, 0.1) is 6.92 Å². The third kappa shape index (κ3) is 3.64. The van der Waals surface area contributed by atoms with Gasteiger partial charge in [-0.2, -0.15) is 0 Å². The van der Waals surface area contributed by atoms with E-state index in [1.807, 2.05) is 18.9 Å². The topological polar surface area (TPSA) is 41.9 Å². The van der Waals surface area contributed by atoms with E-state index in [0.29, 0.717) is 5.15 Å². The number of thiazole rings is 1. The predicted molar refractivity (Wildman–Crippen MR) is 80.1 cm³/mol. The highest BCUT2D eigenvalue weighted by molar-refractivity contribution is 7.09. The fraction of sp³-hybridized carbons (Fsp3) is 0.462. The van der Waals surface area contributed by atoms with Crippen LogP contribution in [0.25, 0.3) is 0 Å². The SMILES string of the molecule is Cc1nc(CN(C)c2cc(Cl)nc(C(C)C)n2)cs1. The van der Waals surface area contributed by atoms with Gasteiger partial charge in [-0.25, -0.2) is 15.0 Å². The molecule has 0 bridgehead atoms. The fourth-order valence-corrected chi connectivity index (χ4v) is 2.47. The Hall–Kier alpha value is -1.20. The molecule has 0 saturated heterocycles. The number of hydrogen-bond acceptors (Lipinski definition) is 5. The van der Waals surface area contributed by atoms with Crippen LogP contribution in [0.1, 0.15) is 36.3 Å². The molecule has 0 unspecified atom stereocenters. The first-order chi connectivity index (χ1) is 8.95. The smallest absolute Gasteiger partial charge is 0.135 e. The summed E-state index contributed by atoms with van der Waals surface area (Å²) in [6.45, 7) is 6.83. The average molecular weight is 297 g/mol. The highest BCUT2D eigenvalue weighted by Gasteiger charge is 2.11. The van der Waals surface area contributed by atoms with Gasteiger partial charge in [0.25, 0.3) is 0 Å². The second-order valence-corrected chi connectivity index (χ2v) is 6.23. The summed E-state index contributed by atoms with van der Waals surface area (Å²) in [6, 6.07) is 1.78. The first-order valence-corrected chi connectivity index (χ1v) is 7.38. The molecule has 0 aliphatic heterocycles. The minimum absolute atomic E-state index is 0.257. The van der Waals surface area contributed by atoms with E-state index >= 15 is 0 Å². The zero-order chi connectivity index (χ0) is 14.0. The van der Waals surface area contributed by atoms with Crippen LogP contribution in [0.2, 0.25) is 5.15 Å². The highest BCUT2D eigenvalue weighted by atomic mass is 35.5. The summed E-state index contributed by atoms with van der Waals surface area (Å²) in [7, 11) is 1.98. The zero-order valence-corrected chi connectivity index (χ0v) is 13.1. The van der Waals surface area contributed by atoms with Crippen LogP contribution in [0.15, 0.2) is 11.4 Å². The molecular formula is C13H17ClN4S. The van der Waals surface area contributed by atoms with Gasteiger partial charge in [0.1, 0.15) is 16.8 Å². The summed E-state index contributed by atoms with van der Waals surface area (Å²) in [5, 5.41) is 3.62. The molecule has 0 amide bonds.